The lowest BCUT2D eigenvalue weighted by atomic mass is 9.93. The number of methoxy groups -OCH3 is 2. The van der Waals surface area contributed by atoms with Gasteiger partial charge in [0.2, 0.25) is 0 Å². The lowest BCUT2D eigenvalue weighted by Gasteiger charge is -2.43. The average molecular weight is 510 g/mol. The summed E-state index contributed by atoms with van der Waals surface area (Å²) in [5.74, 6) is 1.87. The molecule has 2 aromatic heterocycles. The predicted octanol–water partition coefficient (Wildman–Crippen LogP) is 3.33. The number of tetrazole rings is 1. The Labute approximate surface area is 217 Å². The summed E-state index contributed by atoms with van der Waals surface area (Å²) in [6.07, 6.45) is 6.60. The van der Waals surface area contributed by atoms with Gasteiger partial charge in [0.1, 0.15) is 6.04 Å². The second-order valence-corrected chi connectivity index (χ2v) is 11.2. The van der Waals surface area contributed by atoms with Crippen molar-refractivity contribution in [3.63, 3.8) is 0 Å². The van der Waals surface area contributed by atoms with Crippen molar-refractivity contribution in [2.24, 2.45) is 0 Å². The molecule has 1 aliphatic heterocycles. The second kappa shape index (κ2) is 10.4. The van der Waals surface area contributed by atoms with Gasteiger partial charge in [0, 0.05) is 49.2 Å². The zero-order chi connectivity index (χ0) is 26.2. The number of ether oxygens (including phenoxy) is 2. The maximum absolute atomic E-state index is 13.6. The highest BCUT2D eigenvalue weighted by Gasteiger charge is 2.36. The molecular weight excluding hydrogens is 470 g/mol. The number of piperazine rings is 1. The van der Waals surface area contributed by atoms with Crippen molar-refractivity contribution in [1.29, 1.82) is 0 Å². The van der Waals surface area contributed by atoms with E-state index in [4.69, 9.17) is 9.47 Å². The number of H-pyrrole nitrogens is 1. The molecule has 3 aromatic rings. The summed E-state index contributed by atoms with van der Waals surface area (Å²) in [6, 6.07) is 5.97. The van der Waals surface area contributed by atoms with Crippen LogP contribution in [-0.4, -0.2) is 81.4 Å². The van der Waals surface area contributed by atoms with Gasteiger partial charge < -0.3 is 14.5 Å². The van der Waals surface area contributed by atoms with Crippen LogP contribution in [0.5, 0.6) is 11.5 Å². The fourth-order valence-corrected chi connectivity index (χ4v) is 5.90. The number of pyridine rings is 1. The van der Waals surface area contributed by atoms with Crippen molar-refractivity contribution in [1.82, 2.24) is 35.0 Å². The summed E-state index contributed by atoms with van der Waals surface area (Å²) >= 11 is 0. The van der Waals surface area contributed by atoms with Crippen molar-refractivity contribution in [3.8, 4) is 11.5 Å². The Hall–Kier alpha value is -2.98. The standard InChI is InChI=1S/C27H39N7O3/c1-27(2,3)34-25(29-30-31-34)24(33-13-11-32(12-14-33)19-9-7-6-8-10-19)20-15-18-16-22(36-4)23(37-5)17-21(18)28-26(20)35/h15-17,19,24H,6-14H2,1-5H3,(H,28,35)/t24-/m0/s1. The Bertz CT molecular complexity index is 1280. The Morgan fingerprint density at radius 1 is 0.973 bits per heavy atom. The van der Waals surface area contributed by atoms with Crippen molar-refractivity contribution in [2.45, 2.75) is 70.5 Å². The van der Waals surface area contributed by atoms with Crippen LogP contribution in [0.4, 0.5) is 0 Å². The van der Waals surface area contributed by atoms with Crippen LogP contribution in [-0.2, 0) is 5.54 Å². The summed E-state index contributed by atoms with van der Waals surface area (Å²) in [7, 11) is 3.20. The number of fused-ring (bicyclic) bond motifs is 1. The highest BCUT2D eigenvalue weighted by atomic mass is 16.5. The normalized spacial score (nSPS) is 19.3. The summed E-state index contributed by atoms with van der Waals surface area (Å²) < 4.78 is 12.8. The first-order valence-electron chi connectivity index (χ1n) is 13.4. The van der Waals surface area contributed by atoms with Crippen molar-refractivity contribution in [2.75, 3.05) is 40.4 Å². The molecule has 5 rings (SSSR count). The van der Waals surface area contributed by atoms with Gasteiger partial charge in [-0.2, -0.15) is 0 Å². The molecule has 0 amide bonds. The summed E-state index contributed by atoms with van der Waals surface area (Å²) in [5, 5.41) is 13.7. The zero-order valence-corrected chi connectivity index (χ0v) is 22.7. The average Bonchev–Trinajstić information content (AvgIpc) is 3.40. The molecule has 1 N–H and O–H groups in total. The third kappa shape index (κ3) is 5.09. The molecule has 3 heterocycles. The van der Waals surface area contributed by atoms with Crippen LogP contribution in [0.15, 0.2) is 23.0 Å². The van der Waals surface area contributed by atoms with E-state index in [1.165, 1.54) is 32.1 Å². The van der Waals surface area contributed by atoms with Crippen LogP contribution in [0.3, 0.4) is 0 Å². The molecule has 1 aromatic carbocycles. The first-order valence-corrected chi connectivity index (χ1v) is 13.4. The Morgan fingerprint density at radius 3 is 2.30 bits per heavy atom. The minimum atomic E-state index is -0.371. The molecule has 2 aliphatic rings. The maximum Gasteiger partial charge on any atom is 0.253 e. The summed E-state index contributed by atoms with van der Waals surface area (Å²) in [5.41, 5.74) is 0.845. The van der Waals surface area contributed by atoms with Crippen LogP contribution in [0, 0.1) is 0 Å². The van der Waals surface area contributed by atoms with Gasteiger partial charge in [0.25, 0.3) is 5.56 Å². The minimum Gasteiger partial charge on any atom is -0.493 e. The van der Waals surface area contributed by atoms with Gasteiger partial charge in [-0.3, -0.25) is 14.6 Å². The molecule has 10 nitrogen and oxygen atoms in total. The smallest absolute Gasteiger partial charge is 0.253 e. The Kier molecular flexibility index (Phi) is 7.22. The molecule has 0 unspecified atom stereocenters. The first kappa shape index (κ1) is 25.7. The van der Waals surface area contributed by atoms with Crippen LogP contribution in [0.2, 0.25) is 0 Å². The minimum absolute atomic E-state index is 0.150. The molecule has 0 spiro atoms. The number of aromatic amines is 1. The van der Waals surface area contributed by atoms with Gasteiger partial charge in [-0.05, 0) is 56.2 Å². The molecule has 10 heteroatoms. The number of aromatic nitrogens is 5. The van der Waals surface area contributed by atoms with E-state index in [9.17, 15) is 4.79 Å². The molecule has 1 saturated carbocycles. The van der Waals surface area contributed by atoms with Gasteiger partial charge >= 0.3 is 0 Å². The fraction of sp³-hybridized carbons (Fsp3) is 0.630. The van der Waals surface area contributed by atoms with E-state index >= 15 is 0 Å². The van der Waals surface area contributed by atoms with E-state index in [0.717, 1.165) is 31.6 Å². The third-order valence-corrected chi connectivity index (χ3v) is 7.85. The number of rotatable bonds is 6. The molecular formula is C27H39N7O3. The highest BCUT2D eigenvalue weighted by molar-refractivity contribution is 5.83. The molecule has 0 radical (unpaired) electrons. The molecule has 37 heavy (non-hydrogen) atoms. The first-order chi connectivity index (χ1) is 17.8. The van der Waals surface area contributed by atoms with E-state index in [0.29, 0.717) is 34.4 Å². The van der Waals surface area contributed by atoms with Gasteiger partial charge in [0.15, 0.2) is 17.3 Å². The number of benzene rings is 1. The molecule has 2 fully saturated rings. The van der Waals surface area contributed by atoms with Crippen molar-refractivity contribution < 1.29 is 9.47 Å². The molecule has 200 valence electrons. The second-order valence-electron chi connectivity index (χ2n) is 11.2. The van der Waals surface area contributed by atoms with Gasteiger partial charge in [-0.25, -0.2) is 4.68 Å². The largest absolute Gasteiger partial charge is 0.493 e. The number of nitrogens with one attached hydrogen (secondary N) is 1. The SMILES string of the molecule is COc1cc2cc([C@@H](c3nnnn3C(C)(C)C)N3CCN(C4CCCCC4)CC3)c(=O)[nH]c2cc1OC. The Morgan fingerprint density at radius 2 is 1.65 bits per heavy atom. The van der Waals surface area contributed by atoms with Crippen molar-refractivity contribution in [3.05, 3.63) is 39.9 Å². The van der Waals surface area contributed by atoms with Gasteiger partial charge in [0.05, 0.1) is 25.3 Å². The van der Waals surface area contributed by atoms with E-state index in [-0.39, 0.29) is 17.1 Å². The van der Waals surface area contributed by atoms with Crippen LogP contribution < -0.4 is 15.0 Å². The molecule has 1 aliphatic carbocycles. The third-order valence-electron chi connectivity index (χ3n) is 7.85. The van der Waals surface area contributed by atoms with Gasteiger partial charge in [-0.15, -0.1) is 5.10 Å². The number of nitrogens with zero attached hydrogens (tertiary/aromatic N) is 6. The van der Waals surface area contributed by atoms with Crippen LogP contribution in [0.1, 0.15) is 70.3 Å². The van der Waals surface area contributed by atoms with E-state index in [1.807, 2.05) is 16.8 Å². The molecule has 0 bridgehead atoms. The van der Waals surface area contributed by atoms with Crippen LogP contribution >= 0.6 is 0 Å². The topological polar surface area (TPSA) is 101 Å². The van der Waals surface area contributed by atoms with E-state index in [1.54, 1.807) is 20.3 Å². The molecule has 1 atom stereocenters. The lowest BCUT2D eigenvalue weighted by Crippen LogP contribution is -2.52. The zero-order valence-electron chi connectivity index (χ0n) is 22.7. The Balaban J connectivity index is 1.55. The fourth-order valence-electron chi connectivity index (χ4n) is 5.90. The number of hydrogen-bond donors (Lipinski definition) is 1. The predicted molar refractivity (Wildman–Crippen MR) is 142 cm³/mol. The van der Waals surface area contributed by atoms with Crippen LogP contribution in [0.25, 0.3) is 10.9 Å². The summed E-state index contributed by atoms with van der Waals surface area (Å²) in [6.45, 7) is 9.89. The summed E-state index contributed by atoms with van der Waals surface area (Å²) in [4.78, 5) is 21.7. The lowest BCUT2D eigenvalue weighted by molar-refractivity contribution is 0.0606. The maximum atomic E-state index is 13.6. The van der Waals surface area contributed by atoms with E-state index in [2.05, 4.69) is 51.1 Å². The molecule has 1 saturated heterocycles. The van der Waals surface area contributed by atoms with Gasteiger partial charge in [-0.1, -0.05) is 19.3 Å². The van der Waals surface area contributed by atoms with Crippen molar-refractivity contribution >= 4 is 10.9 Å². The van der Waals surface area contributed by atoms with E-state index < -0.39 is 0 Å². The highest BCUT2D eigenvalue weighted by Crippen LogP contribution is 2.34. The number of hydrogen-bond acceptors (Lipinski definition) is 8. The monoisotopic (exact) mass is 509 g/mol. The quantitative estimate of drug-likeness (QED) is 0.540.